The van der Waals surface area contributed by atoms with Gasteiger partial charge in [0.2, 0.25) is 5.91 Å². The fourth-order valence-electron chi connectivity index (χ4n) is 3.34. The molecule has 2 unspecified atom stereocenters. The van der Waals surface area contributed by atoms with Crippen LogP contribution in [-0.2, 0) is 17.9 Å². The van der Waals surface area contributed by atoms with Crippen molar-refractivity contribution in [2.24, 2.45) is 0 Å². The van der Waals surface area contributed by atoms with Crippen molar-refractivity contribution in [2.75, 3.05) is 6.54 Å². The van der Waals surface area contributed by atoms with E-state index < -0.39 is 0 Å². The molecule has 2 aromatic rings. The summed E-state index contributed by atoms with van der Waals surface area (Å²) in [5.74, 6) is 1.86. The zero-order chi connectivity index (χ0) is 16.7. The number of fused-ring (bicyclic) bond motifs is 1. The number of carbonyl (C=O) groups is 1. The van der Waals surface area contributed by atoms with Gasteiger partial charge in [0.15, 0.2) is 5.82 Å². The van der Waals surface area contributed by atoms with Gasteiger partial charge in [-0.05, 0) is 31.0 Å². The van der Waals surface area contributed by atoms with E-state index in [9.17, 15) is 4.79 Å². The molecule has 4 rings (SSSR count). The number of nitrogens with one attached hydrogen (secondary N) is 2. The van der Waals surface area contributed by atoms with Gasteiger partial charge in [-0.2, -0.15) is 0 Å². The molecule has 2 atom stereocenters. The predicted octanol–water partition coefficient (Wildman–Crippen LogP) is 1.19. The van der Waals surface area contributed by atoms with Gasteiger partial charge in [-0.25, -0.2) is 10.9 Å². The highest BCUT2D eigenvalue weighted by Gasteiger charge is 2.34. The summed E-state index contributed by atoms with van der Waals surface area (Å²) >= 11 is 5.93. The van der Waals surface area contributed by atoms with Crippen LogP contribution in [0.1, 0.15) is 29.7 Å². The van der Waals surface area contributed by atoms with Gasteiger partial charge < -0.3 is 9.47 Å². The molecule has 1 fully saturated rings. The molecule has 1 saturated heterocycles. The summed E-state index contributed by atoms with van der Waals surface area (Å²) in [5.41, 5.74) is 7.46. The Morgan fingerprint density at radius 2 is 2.00 bits per heavy atom. The van der Waals surface area contributed by atoms with Crippen LogP contribution in [-0.4, -0.2) is 38.2 Å². The monoisotopic (exact) mass is 346 g/mol. The number of rotatable bonds is 2. The van der Waals surface area contributed by atoms with Crippen LogP contribution in [0.4, 0.5) is 0 Å². The first-order chi connectivity index (χ1) is 11.6. The minimum absolute atomic E-state index is 0.103. The molecular formula is C16H19ClN6O. The molecule has 1 aromatic carbocycles. The summed E-state index contributed by atoms with van der Waals surface area (Å²) in [6.45, 7) is 3.89. The summed E-state index contributed by atoms with van der Waals surface area (Å²) < 4.78 is 2.07. The Morgan fingerprint density at radius 1 is 1.21 bits per heavy atom. The molecule has 7 nitrogen and oxygen atoms in total. The van der Waals surface area contributed by atoms with Gasteiger partial charge in [-0.3, -0.25) is 4.79 Å². The van der Waals surface area contributed by atoms with Crippen molar-refractivity contribution >= 4 is 17.5 Å². The molecule has 24 heavy (non-hydrogen) atoms. The van der Waals surface area contributed by atoms with Gasteiger partial charge in [-0.15, -0.1) is 10.2 Å². The molecule has 1 aromatic heterocycles. The van der Waals surface area contributed by atoms with Crippen LogP contribution in [0.15, 0.2) is 24.3 Å². The van der Waals surface area contributed by atoms with E-state index in [0.717, 1.165) is 23.8 Å². The number of hydrazine groups is 1. The molecule has 0 aliphatic carbocycles. The van der Waals surface area contributed by atoms with E-state index in [1.54, 1.807) is 0 Å². The van der Waals surface area contributed by atoms with Crippen LogP contribution in [0.25, 0.3) is 0 Å². The quantitative estimate of drug-likeness (QED) is 0.854. The average molecular weight is 347 g/mol. The van der Waals surface area contributed by atoms with Crippen molar-refractivity contribution < 1.29 is 4.79 Å². The zero-order valence-electron chi connectivity index (χ0n) is 13.4. The second kappa shape index (κ2) is 6.16. The Kier molecular flexibility index (Phi) is 3.99. The summed E-state index contributed by atoms with van der Waals surface area (Å²) in [5, 5.41) is 8.95. The molecule has 2 aliphatic heterocycles. The van der Waals surface area contributed by atoms with Crippen molar-refractivity contribution in [1.82, 2.24) is 30.5 Å². The number of benzene rings is 1. The van der Waals surface area contributed by atoms with Crippen LogP contribution in [0.5, 0.6) is 0 Å². The second-order valence-electron chi connectivity index (χ2n) is 6.26. The van der Waals surface area contributed by atoms with Crippen LogP contribution >= 0.6 is 11.6 Å². The number of hydrogen-bond acceptors (Lipinski definition) is 5. The number of nitrogens with zero attached hydrogens (tertiary/aromatic N) is 4. The van der Waals surface area contributed by atoms with Gasteiger partial charge in [0, 0.05) is 24.2 Å². The van der Waals surface area contributed by atoms with Crippen LogP contribution < -0.4 is 10.9 Å². The van der Waals surface area contributed by atoms with Crippen LogP contribution in [0, 0.1) is 6.92 Å². The largest absolute Gasteiger partial charge is 0.332 e. The Hall–Kier alpha value is -1.96. The van der Waals surface area contributed by atoms with Gasteiger partial charge in [0.25, 0.3) is 0 Å². The molecular weight excluding hydrogens is 328 g/mol. The molecule has 0 saturated carbocycles. The van der Waals surface area contributed by atoms with Gasteiger partial charge >= 0.3 is 0 Å². The molecule has 0 radical (unpaired) electrons. The minimum Gasteiger partial charge on any atom is -0.332 e. The normalized spacial score (nSPS) is 23.3. The number of hydrogen-bond donors (Lipinski definition) is 2. The fraction of sp³-hybridized carbons (Fsp3) is 0.438. The zero-order valence-corrected chi connectivity index (χ0v) is 14.1. The second-order valence-corrected chi connectivity index (χ2v) is 6.69. The molecule has 3 heterocycles. The maximum atomic E-state index is 12.8. The Balaban J connectivity index is 1.42. The summed E-state index contributed by atoms with van der Waals surface area (Å²) in [4.78, 5) is 14.6. The highest BCUT2D eigenvalue weighted by atomic mass is 35.5. The number of aromatic nitrogens is 3. The number of aryl methyl sites for hydroxylation is 1. The van der Waals surface area contributed by atoms with Crippen molar-refractivity contribution in [3.8, 4) is 0 Å². The summed E-state index contributed by atoms with van der Waals surface area (Å²) in [6, 6.07) is 7.58. The number of carbonyl (C=O) groups excluding carboxylic acids is 1. The predicted molar refractivity (Wildman–Crippen MR) is 89.0 cm³/mol. The minimum atomic E-state index is -0.235. The lowest BCUT2D eigenvalue weighted by atomic mass is 10.0. The molecule has 2 aliphatic rings. The maximum Gasteiger partial charge on any atom is 0.241 e. The van der Waals surface area contributed by atoms with Gasteiger partial charge in [0.1, 0.15) is 11.9 Å². The summed E-state index contributed by atoms with van der Waals surface area (Å²) in [7, 11) is 0. The lowest BCUT2D eigenvalue weighted by Crippen LogP contribution is -2.48. The topological polar surface area (TPSA) is 75.1 Å². The Bertz CT molecular complexity index is 758. The van der Waals surface area contributed by atoms with Crippen molar-refractivity contribution in [1.29, 1.82) is 0 Å². The molecule has 2 N–H and O–H groups in total. The molecule has 126 valence electrons. The first kappa shape index (κ1) is 15.6. The highest BCUT2D eigenvalue weighted by molar-refractivity contribution is 6.30. The molecule has 1 amide bonds. The number of amides is 1. The van der Waals surface area contributed by atoms with E-state index >= 15 is 0 Å². The maximum absolute atomic E-state index is 12.8. The third kappa shape index (κ3) is 2.79. The lowest BCUT2D eigenvalue weighted by Gasteiger charge is -2.29. The molecule has 0 spiro atoms. The Morgan fingerprint density at radius 3 is 2.79 bits per heavy atom. The molecule has 8 heteroatoms. The third-order valence-electron chi connectivity index (χ3n) is 4.72. The first-order valence-corrected chi connectivity index (χ1v) is 8.43. The third-order valence-corrected chi connectivity index (χ3v) is 4.98. The van der Waals surface area contributed by atoms with E-state index in [2.05, 4.69) is 25.6 Å². The van der Waals surface area contributed by atoms with Gasteiger partial charge in [-0.1, -0.05) is 23.7 Å². The van der Waals surface area contributed by atoms with E-state index in [1.807, 2.05) is 36.1 Å². The van der Waals surface area contributed by atoms with E-state index in [1.165, 1.54) is 0 Å². The standard InChI is InChI=1S/C16H19ClN6O/c1-10-18-21-15-9-22(6-7-23(10)15)16(24)14-8-13(19-20-14)11-2-4-12(17)5-3-11/h2-5,13-14,19-20H,6-9H2,1H3. The average Bonchev–Trinajstić information content (AvgIpc) is 3.22. The van der Waals surface area contributed by atoms with Crippen molar-refractivity contribution in [2.45, 2.75) is 38.5 Å². The first-order valence-electron chi connectivity index (χ1n) is 8.06. The SMILES string of the molecule is Cc1nnc2n1CCN(C(=O)C1CC(c3ccc(Cl)cc3)NN1)C2. The highest BCUT2D eigenvalue weighted by Crippen LogP contribution is 2.25. The summed E-state index contributed by atoms with van der Waals surface area (Å²) in [6.07, 6.45) is 0.711. The Labute approximate surface area is 145 Å². The van der Waals surface area contributed by atoms with Crippen LogP contribution in [0.3, 0.4) is 0 Å². The van der Waals surface area contributed by atoms with Gasteiger partial charge in [0.05, 0.1) is 6.54 Å². The molecule has 0 bridgehead atoms. The van der Waals surface area contributed by atoms with Crippen LogP contribution in [0.2, 0.25) is 5.02 Å². The van der Waals surface area contributed by atoms with Crippen molar-refractivity contribution in [3.63, 3.8) is 0 Å². The fourth-order valence-corrected chi connectivity index (χ4v) is 3.47. The lowest BCUT2D eigenvalue weighted by molar-refractivity contribution is -0.134. The van der Waals surface area contributed by atoms with E-state index in [-0.39, 0.29) is 18.0 Å². The number of halogens is 1. The smallest absolute Gasteiger partial charge is 0.241 e. The van der Waals surface area contributed by atoms with Crippen molar-refractivity contribution in [3.05, 3.63) is 46.5 Å². The van der Waals surface area contributed by atoms with E-state index in [4.69, 9.17) is 11.6 Å². The van der Waals surface area contributed by atoms with E-state index in [0.29, 0.717) is 24.5 Å².